The highest BCUT2D eigenvalue weighted by atomic mass is 32.2. The van der Waals surface area contributed by atoms with E-state index in [-0.39, 0.29) is 12.8 Å². The molecule has 0 aliphatic heterocycles. The van der Waals surface area contributed by atoms with Gasteiger partial charge in [-0.3, -0.25) is 0 Å². The molecule has 1 heterocycles. The summed E-state index contributed by atoms with van der Waals surface area (Å²) in [6.07, 6.45) is 1.86. The van der Waals surface area contributed by atoms with Gasteiger partial charge in [0.05, 0.1) is 12.6 Å². The molecular formula is C12H17FN2O6S. The molecule has 8 nitrogen and oxygen atoms in total. The Hall–Kier alpha value is -1.49. The molecule has 22 heavy (non-hydrogen) atoms. The highest BCUT2D eigenvalue weighted by Gasteiger charge is 2.43. The fourth-order valence-electron chi connectivity index (χ4n) is 2.66. The number of carboxylic acid groups (broad SMARTS) is 1. The molecule has 1 aromatic heterocycles. The smallest absolute Gasteiger partial charge is 0.355 e. The Kier molecular flexibility index (Phi) is 4.30. The third-order valence-electron chi connectivity index (χ3n) is 3.90. The third-order valence-corrected chi connectivity index (χ3v) is 5.36. The first-order chi connectivity index (χ1) is 10.1. The molecule has 0 bridgehead atoms. The number of halogens is 1. The zero-order valence-electron chi connectivity index (χ0n) is 11.8. The molecule has 10 heteroatoms. The van der Waals surface area contributed by atoms with E-state index in [1.54, 1.807) is 0 Å². The van der Waals surface area contributed by atoms with Gasteiger partial charge in [-0.2, -0.15) is 0 Å². The van der Waals surface area contributed by atoms with Crippen LogP contribution in [0.1, 0.15) is 29.8 Å². The predicted molar refractivity (Wildman–Crippen MR) is 72.3 cm³/mol. The summed E-state index contributed by atoms with van der Waals surface area (Å²) in [4.78, 5) is 10.1. The van der Waals surface area contributed by atoms with Crippen LogP contribution in [0, 0.1) is 5.82 Å². The summed E-state index contributed by atoms with van der Waals surface area (Å²) >= 11 is 0. The topological polar surface area (TPSA) is 129 Å². The summed E-state index contributed by atoms with van der Waals surface area (Å²) in [5.41, 5.74) is -2.38. The fraction of sp³-hybridized carbons (Fsp3) is 0.583. The first-order valence-corrected chi connectivity index (χ1v) is 8.04. The van der Waals surface area contributed by atoms with Crippen molar-refractivity contribution in [2.24, 2.45) is 7.05 Å². The van der Waals surface area contributed by atoms with Crippen molar-refractivity contribution >= 4 is 16.0 Å². The molecule has 1 saturated carbocycles. The average molecular weight is 336 g/mol. The van der Waals surface area contributed by atoms with Crippen molar-refractivity contribution in [3.05, 3.63) is 17.7 Å². The number of aromatic nitrogens is 1. The van der Waals surface area contributed by atoms with Crippen molar-refractivity contribution in [2.45, 2.75) is 35.8 Å². The second-order valence-corrected chi connectivity index (χ2v) is 7.08. The van der Waals surface area contributed by atoms with Crippen molar-refractivity contribution < 1.29 is 32.9 Å². The summed E-state index contributed by atoms with van der Waals surface area (Å²) < 4.78 is 41.6. The van der Waals surface area contributed by atoms with Crippen LogP contribution in [0.4, 0.5) is 4.39 Å². The highest BCUT2D eigenvalue weighted by molar-refractivity contribution is 7.89. The number of rotatable bonds is 5. The van der Waals surface area contributed by atoms with Gasteiger partial charge in [0, 0.05) is 13.2 Å². The number of sulfonamides is 1. The van der Waals surface area contributed by atoms with Crippen molar-refractivity contribution in [1.29, 1.82) is 0 Å². The lowest BCUT2D eigenvalue weighted by molar-refractivity contribution is -0.0239. The molecule has 0 radical (unpaired) electrons. The Morgan fingerprint density at radius 1 is 1.59 bits per heavy atom. The molecule has 1 aromatic rings. The molecule has 0 spiro atoms. The van der Waals surface area contributed by atoms with Crippen LogP contribution in [-0.2, 0) is 17.1 Å². The van der Waals surface area contributed by atoms with Crippen LogP contribution >= 0.6 is 0 Å². The number of aliphatic hydroxyl groups is 2. The summed E-state index contributed by atoms with van der Waals surface area (Å²) in [7, 11) is -3.16. The van der Waals surface area contributed by atoms with E-state index < -0.39 is 50.6 Å². The molecule has 0 amide bonds. The number of hydrogen-bond acceptors (Lipinski definition) is 5. The Morgan fingerprint density at radius 2 is 2.23 bits per heavy atom. The molecule has 0 aromatic carbocycles. The lowest BCUT2D eigenvalue weighted by atomic mass is 10.0. The summed E-state index contributed by atoms with van der Waals surface area (Å²) in [5.74, 6) is -2.96. The van der Waals surface area contributed by atoms with Crippen LogP contribution in [-0.4, -0.2) is 52.5 Å². The van der Waals surface area contributed by atoms with Gasteiger partial charge in [0.25, 0.3) is 0 Å². The fourth-order valence-corrected chi connectivity index (χ4v) is 4.13. The van der Waals surface area contributed by atoms with E-state index in [4.69, 9.17) is 5.11 Å². The quantitative estimate of drug-likeness (QED) is 0.569. The molecular weight excluding hydrogens is 319 g/mol. The van der Waals surface area contributed by atoms with Gasteiger partial charge < -0.3 is 19.9 Å². The number of aliphatic hydroxyl groups excluding tert-OH is 1. The molecule has 2 rings (SSSR count). The van der Waals surface area contributed by atoms with Crippen LogP contribution < -0.4 is 4.72 Å². The van der Waals surface area contributed by atoms with E-state index >= 15 is 0 Å². The second kappa shape index (κ2) is 5.61. The zero-order valence-corrected chi connectivity index (χ0v) is 12.6. The summed E-state index contributed by atoms with van der Waals surface area (Å²) in [5, 5.41) is 28.2. The van der Waals surface area contributed by atoms with E-state index in [2.05, 4.69) is 4.72 Å². The van der Waals surface area contributed by atoms with Gasteiger partial charge >= 0.3 is 5.97 Å². The molecule has 4 N–H and O–H groups in total. The maximum atomic E-state index is 14.1. The van der Waals surface area contributed by atoms with Crippen LogP contribution in [0.5, 0.6) is 0 Å². The van der Waals surface area contributed by atoms with Crippen LogP contribution in [0.2, 0.25) is 0 Å². The van der Waals surface area contributed by atoms with Crippen LogP contribution in [0.3, 0.4) is 0 Å². The van der Waals surface area contributed by atoms with Crippen molar-refractivity contribution in [3.63, 3.8) is 0 Å². The minimum absolute atomic E-state index is 0.217. The molecule has 2 atom stereocenters. The van der Waals surface area contributed by atoms with Crippen molar-refractivity contribution in [3.8, 4) is 0 Å². The number of carbonyl (C=O) groups is 1. The van der Waals surface area contributed by atoms with Crippen molar-refractivity contribution in [1.82, 2.24) is 9.29 Å². The monoisotopic (exact) mass is 336 g/mol. The van der Waals surface area contributed by atoms with Gasteiger partial charge in [-0.25, -0.2) is 22.3 Å². The first-order valence-electron chi connectivity index (χ1n) is 6.56. The Labute approximate surface area is 126 Å². The number of aromatic carboxylic acids is 1. The predicted octanol–water partition coefficient (Wildman–Crippen LogP) is -0.583. The van der Waals surface area contributed by atoms with E-state index in [1.165, 1.54) is 7.05 Å². The normalized spacial score (nSPS) is 25.5. The molecule has 124 valence electrons. The minimum Gasteiger partial charge on any atom is -0.476 e. The molecule has 1 aliphatic rings. The van der Waals surface area contributed by atoms with Gasteiger partial charge in [-0.05, 0) is 19.3 Å². The lowest BCUT2D eigenvalue weighted by Gasteiger charge is -2.28. The van der Waals surface area contributed by atoms with E-state index in [9.17, 15) is 27.8 Å². The number of nitrogens with zero attached hydrogens (tertiary/aromatic N) is 1. The standard InChI is InChI=1S/C12H17FN2O6S/c1-15-5-7(9(13)10(15)11(17)18)22(20,21)14-8-3-2-4-12(8,19)6-16/h5,8,14,16,19H,2-4,6H2,1H3,(H,17,18). The van der Waals surface area contributed by atoms with E-state index in [1.807, 2.05) is 0 Å². The van der Waals surface area contributed by atoms with Gasteiger partial charge in [0.1, 0.15) is 10.5 Å². The molecule has 0 saturated heterocycles. The molecule has 1 fully saturated rings. The number of nitrogens with one attached hydrogen (secondary N) is 1. The third kappa shape index (κ3) is 2.74. The van der Waals surface area contributed by atoms with Crippen molar-refractivity contribution in [2.75, 3.05) is 6.61 Å². The average Bonchev–Trinajstić information content (AvgIpc) is 2.91. The Morgan fingerprint density at radius 3 is 2.73 bits per heavy atom. The molecule has 2 unspecified atom stereocenters. The number of hydrogen-bond donors (Lipinski definition) is 4. The summed E-state index contributed by atoms with van der Waals surface area (Å²) in [6, 6.07) is -0.963. The van der Waals surface area contributed by atoms with E-state index in [0.29, 0.717) is 6.42 Å². The molecule has 1 aliphatic carbocycles. The van der Waals surface area contributed by atoms with E-state index in [0.717, 1.165) is 10.8 Å². The Bertz CT molecular complexity index is 701. The second-order valence-electron chi connectivity index (χ2n) is 5.40. The van der Waals surface area contributed by atoms with Gasteiger partial charge in [0.2, 0.25) is 10.0 Å². The van der Waals surface area contributed by atoms with Gasteiger partial charge in [-0.15, -0.1) is 0 Å². The maximum absolute atomic E-state index is 14.1. The minimum atomic E-state index is -4.37. The van der Waals surface area contributed by atoms with Gasteiger partial charge in [0.15, 0.2) is 11.5 Å². The maximum Gasteiger partial charge on any atom is 0.355 e. The summed E-state index contributed by atoms with van der Waals surface area (Å²) in [6.45, 7) is -0.627. The van der Waals surface area contributed by atoms with Gasteiger partial charge in [-0.1, -0.05) is 0 Å². The lowest BCUT2D eigenvalue weighted by Crippen LogP contribution is -2.51. The number of carboxylic acids is 1. The largest absolute Gasteiger partial charge is 0.476 e. The zero-order chi connectivity index (χ0) is 16.7. The SMILES string of the molecule is Cn1cc(S(=O)(=O)NC2CCCC2(O)CO)c(F)c1C(=O)O. The highest BCUT2D eigenvalue weighted by Crippen LogP contribution is 2.31. The number of aryl methyl sites for hydroxylation is 1. The Balaban J connectivity index is 2.36. The first kappa shape index (κ1) is 16.9. The van der Waals surface area contributed by atoms with Crippen LogP contribution in [0.25, 0.3) is 0 Å². The van der Waals surface area contributed by atoms with Crippen LogP contribution in [0.15, 0.2) is 11.1 Å².